The lowest BCUT2D eigenvalue weighted by Gasteiger charge is -2.34. The van der Waals surface area contributed by atoms with Gasteiger partial charge in [0, 0.05) is 19.6 Å². The van der Waals surface area contributed by atoms with Crippen molar-refractivity contribution in [3.63, 3.8) is 0 Å². The molecule has 0 aromatic carbocycles. The van der Waals surface area contributed by atoms with Gasteiger partial charge < -0.3 is 5.11 Å². The molecule has 1 atom stereocenters. The monoisotopic (exact) mass is 343 g/mol. The number of aromatic nitrogens is 2. The minimum atomic E-state index is -0.708. The van der Waals surface area contributed by atoms with Crippen molar-refractivity contribution in [2.45, 2.75) is 51.6 Å². The van der Waals surface area contributed by atoms with E-state index in [2.05, 4.69) is 32.9 Å². The van der Waals surface area contributed by atoms with Gasteiger partial charge in [0.25, 0.3) is 0 Å². The summed E-state index contributed by atoms with van der Waals surface area (Å²) in [6, 6.07) is 0.146. The van der Waals surface area contributed by atoms with Crippen molar-refractivity contribution in [3.8, 4) is 0 Å². The minimum Gasteiger partial charge on any atom is -0.481 e. The number of carboxylic acid groups (broad SMARTS) is 1. The van der Waals surface area contributed by atoms with Crippen molar-refractivity contribution in [1.82, 2.24) is 14.7 Å². The Balaban J connectivity index is 2.14. The van der Waals surface area contributed by atoms with Gasteiger partial charge in [-0.25, -0.2) is 0 Å². The van der Waals surface area contributed by atoms with E-state index in [-0.39, 0.29) is 12.5 Å². The average molecular weight is 344 g/mol. The summed E-state index contributed by atoms with van der Waals surface area (Å²) in [5, 5.41) is 13.6. The van der Waals surface area contributed by atoms with Crippen molar-refractivity contribution in [2.75, 3.05) is 6.54 Å². The number of nitrogens with zero attached hydrogens (tertiary/aromatic N) is 3. The van der Waals surface area contributed by atoms with Crippen molar-refractivity contribution >= 4 is 21.9 Å². The van der Waals surface area contributed by atoms with Gasteiger partial charge >= 0.3 is 5.97 Å². The fraction of sp³-hybridized carbons (Fsp3) is 0.714. The summed E-state index contributed by atoms with van der Waals surface area (Å²) in [6.45, 7) is 3.82. The molecule has 112 valence electrons. The first-order valence-corrected chi connectivity index (χ1v) is 7.98. The van der Waals surface area contributed by atoms with Crippen LogP contribution < -0.4 is 0 Å². The van der Waals surface area contributed by atoms with Gasteiger partial charge in [-0.1, -0.05) is 13.3 Å². The number of rotatable bonds is 5. The standard InChI is InChI=1S/C14H22BrN3O2/c1-3-11-14(15)12(17(2)16-11)9-18-7-5-4-6-10(18)8-13(19)20/h10H,3-9H2,1-2H3,(H,19,20). The fourth-order valence-electron chi connectivity index (χ4n) is 2.88. The fourth-order valence-corrected chi connectivity index (χ4v) is 3.63. The molecule has 1 N–H and O–H groups in total. The zero-order chi connectivity index (χ0) is 14.7. The van der Waals surface area contributed by atoms with E-state index in [1.54, 1.807) is 0 Å². The summed E-state index contributed by atoms with van der Waals surface area (Å²) in [4.78, 5) is 13.3. The lowest BCUT2D eigenvalue weighted by Crippen LogP contribution is -2.40. The van der Waals surface area contributed by atoms with Gasteiger partial charge in [-0.2, -0.15) is 5.10 Å². The van der Waals surface area contributed by atoms with E-state index in [1.165, 1.54) is 0 Å². The number of aryl methyl sites for hydroxylation is 2. The van der Waals surface area contributed by atoms with Crippen molar-refractivity contribution in [2.24, 2.45) is 7.05 Å². The molecule has 5 nitrogen and oxygen atoms in total. The zero-order valence-electron chi connectivity index (χ0n) is 12.1. The van der Waals surface area contributed by atoms with E-state index in [9.17, 15) is 4.79 Å². The molecule has 2 rings (SSSR count). The Morgan fingerprint density at radius 2 is 2.25 bits per heavy atom. The number of carboxylic acids is 1. The molecule has 0 amide bonds. The highest BCUT2D eigenvalue weighted by Gasteiger charge is 2.26. The Bertz CT molecular complexity index is 487. The van der Waals surface area contributed by atoms with Crippen molar-refractivity contribution in [3.05, 3.63) is 15.9 Å². The Morgan fingerprint density at radius 3 is 2.85 bits per heavy atom. The van der Waals surface area contributed by atoms with Gasteiger partial charge in [-0.15, -0.1) is 0 Å². The van der Waals surface area contributed by atoms with Gasteiger partial charge in [-0.05, 0) is 41.7 Å². The first kappa shape index (κ1) is 15.5. The third-order valence-electron chi connectivity index (χ3n) is 4.02. The number of likely N-dealkylation sites (tertiary alicyclic amines) is 1. The first-order valence-electron chi connectivity index (χ1n) is 7.19. The van der Waals surface area contributed by atoms with E-state index >= 15 is 0 Å². The molecule has 1 aliphatic rings. The molecule has 2 heterocycles. The predicted octanol–water partition coefficient (Wildman–Crippen LogP) is 2.57. The maximum absolute atomic E-state index is 11.0. The van der Waals surface area contributed by atoms with Crippen molar-refractivity contribution in [1.29, 1.82) is 0 Å². The highest BCUT2D eigenvalue weighted by molar-refractivity contribution is 9.10. The Hall–Kier alpha value is -0.880. The van der Waals surface area contributed by atoms with Crippen LogP contribution in [0.25, 0.3) is 0 Å². The largest absolute Gasteiger partial charge is 0.481 e. The molecule has 1 aliphatic heterocycles. The second-order valence-corrected chi connectivity index (χ2v) is 6.20. The summed E-state index contributed by atoms with van der Waals surface area (Å²) >= 11 is 3.63. The lowest BCUT2D eigenvalue weighted by atomic mass is 9.99. The molecule has 0 aliphatic carbocycles. The molecule has 0 spiro atoms. The molecule has 1 aromatic rings. The quantitative estimate of drug-likeness (QED) is 0.892. The molecule has 0 saturated carbocycles. The van der Waals surface area contributed by atoms with Crippen LogP contribution in [0, 0.1) is 0 Å². The first-order chi connectivity index (χ1) is 9.52. The van der Waals surface area contributed by atoms with Crippen LogP contribution in [-0.4, -0.2) is 38.3 Å². The second-order valence-electron chi connectivity index (χ2n) is 5.40. The second kappa shape index (κ2) is 6.72. The normalized spacial score (nSPS) is 20.2. The molecular weight excluding hydrogens is 322 g/mol. The highest BCUT2D eigenvalue weighted by Crippen LogP contribution is 2.27. The van der Waals surface area contributed by atoms with Crippen LogP contribution in [0.4, 0.5) is 0 Å². The minimum absolute atomic E-state index is 0.146. The van der Waals surface area contributed by atoms with Crippen molar-refractivity contribution < 1.29 is 9.90 Å². The summed E-state index contributed by atoms with van der Waals surface area (Å²) in [6.07, 6.45) is 4.37. The van der Waals surface area contributed by atoms with Crippen LogP contribution in [0.3, 0.4) is 0 Å². The van der Waals surface area contributed by atoms with Gasteiger partial charge in [0.1, 0.15) is 0 Å². The van der Waals surface area contributed by atoms with E-state index < -0.39 is 5.97 Å². The Labute approximate surface area is 128 Å². The van der Waals surface area contributed by atoms with E-state index in [0.29, 0.717) is 0 Å². The molecule has 1 aromatic heterocycles. The number of hydrogen-bond acceptors (Lipinski definition) is 3. The number of aliphatic carboxylic acids is 1. The number of piperidine rings is 1. The molecule has 1 unspecified atom stereocenters. The van der Waals surface area contributed by atoms with Gasteiger partial charge in [0.05, 0.1) is 22.3 Å². The van der Waals surface area contributed by atoms with Gasteiger partial charge in [0.15, 0.2) is 0 Å². The summed E-state index contributed by atoms with van der Waals surface area (Å²) in [5.74, 6) is -0.708. The SMILES string of the molecule is CCc1nn(C)c(CN2CCCCC2CC(=O)O)c1Br. The molecular formula is C14H22BrN3O2. The third kappa shape index (κ3) is 3.41. The lowest BCUT2D eigenvalue weighted by molar-refractivity contribution is -0.138. The van der Waals surface area contributed by atoms with Gasteiger partial charge in [0.2, 0.25) is 0 Å². The number of halogens is 1. The molecule has 1 fully saturated rings. The maximum Gasteiger partial charge on any atom is 0.304 e. The Morgan fingerprint density at radius 1 is 1.50 bits per heavy atom. The van der Waals surface area contributed by atoms with E-state index in [1.807, 2.05) is 11.7 Å². The number of hydrogen-bond donors (Lipinski definition) is 1. The topological polar surface area (TPSA) is 58.4 Å². The molecule has 6 heteroatoms. The van der Waals surface area contributed by atoms with Crippen LogP contribution in [-0.2, 0) is 24.8 Å². The summed E-state index contributed by atoms with van der Waals surface area (Å²) < 4.78 is 2.98. The van der Waals surface area contributed by atoms with Crippen LogP contribution in [0.2, 0.25) is 0 Å². The summed E-state index contributed by atoms with van der Waals surface area (Å²) in [5.41, 5.74) is 2.20. The molecule has 20 heavy (non-hydrogen) atoms. The molecule has 1 saturated heterocycles. The number of carbonyl (C=O) groups is 1. The maximum atomic E-state index is 11.0. The molecule has 0 radical (unpaired) electrons. The summed E-state index contributed by atoms with van der Waals surface area (Å²) in [7, 11) is 1.95. The third-order valence-corrected chi connectivity index (χ3v) is 4.93. The van der Waals surface area contributed by atoms with Crippen LogP contribution in [0.5, 0.6) is 0 Å². The average Bonchev–Trinajstić information content (AvgIpc) is 2.67. The molecule has 0 bridgehead atoms. The van der Waals surface area contributed by atoms with Crippen LogP contribution in [0.1, 0.15) is 44.0 Å². The van der Waals surface area contributed by atoms with Crippen LogP contribution in [0.15, 0.2) is 4.47 Å². The zero-order valence-corrected chi connectivity index (χ0v) is 13.7. The van der Waals surface area contributed by atoms with Gasteiger partial charge in [-0.3, -0.25) is 14.4 Å². The predicted molar refractivity (Wildman–Crippen MR) is 80.6 cm³/mol. The van der Waals surface area contributed by atoms with E-state index in [4.69, 9.17) is 5.11 Å². The Kier molecular flexibility index (Phi) is 5.21. The van der Waals surface area contributed by atoms with Crippen LogP contribution >= 0.6 is 15.9 Å². The highest BCUT2D eigenvalue weighted by atomic mass is 79.9. The smallest absolute Gasteiger partial charge is 0.304 e. The van der Waals surface area contributed by atoms with E-state index in [0.717, 1.165) is 54.6 Å².